The van der Waals surface area contributed by atoms with Gasteiger partial charge in [0.15, 0.2) is 12.0 Å². The molecule has 5 heteroatoms. The van der Waals surface area contributed by atoms with E-state index in [2.05, 4.69) is 15.9 Å². The fourth-order valence-corrected chi connectivity index (χ4v) is 2.89. The first-order valence-electron chi connectivity index (χ1n) is 7.64. The van der Waals surface area contributed by atoms with Crippen LogP contribution >= 0.6 is 0 Å². The first-order valence-corrected chi connectivity index (χ1v) is 7.64. The Balaban J connectivity index is 2.18. The van der Waals surface area contributed by atoms with Crippen LogP contribution in [0.2, 0.25) is 0 Å². The summed E-state index contributed by atoms with van der Waals surface area (Å²) >= 11 is 0. The molecule has 2 heterocycles. The number of aldehydes is 1. The highest BCUT2D eigenvalue weighted by atomic mass is 16.1. The first kappa shape index (κ1) is 16.2. The molecule has 0 saturated carbocycles. The summed E-state index contributed by atoms with van der Waals surface area (Å²) in [6.45, 7) is 9.34. The molecule has 0 fully saturated rings. The third kappa shape index (κ3) is 2.91. The van der Waals surface area contributed by atoms with E-state index in [1.54, 1.807) is 36.7 Å². The molecule has 0 bridgehead atoms. The van der Waals surface area contributed by atoms with E-state index in [0.717, 1.165) is 23.1 Å². The third-order valence-corrected chi connectivity index (χ3v) is 4.14. The molecule has 0 spiro atoms. The van der Waals surface area contributed by atoms with Crippen LogP contribution in [0.1, 0.15) is 27.3 Å². The van der Waals surface area contributed by atoms with Gasteiger partial charge in [-0.3, -0.25) is 9.78 Å². The lowest BCUT2D eigenvalue weighted by Crippen LogP contribution is -2.06. The minimum atomic E-state index is 0.452. The number of aromatic nitrogens is 2. The summed E-state index contributed by atoms with van der Waals surface area (Å²) in [7, 11) is 0. The zero-order chi connectivity index (χ0) is 17.8. The largest absolute Gasteiger partial charge is 0.336 e. The van der Waals surface area contributed by atoms with Crippen LogP contribution in [0.25, 0.3) is 16.0 Å². The molecule has 5 nitrogen and oxygen atoms in total. The lowest BCUT2D eigenvalue weighted by atomic mass is 10.0. The molecular formula is C20H14N4O. The van der Waals surface area contributed by atoms with Crippen molar-refractivity contribution in [2.75, 3.05) is 0 Å². The molecule has 0 radical (unpaired) electrons. The summed E-state index contributed by atoms with van der Waals surface area (Å²) in [6.07, 6.45) is 4.21. The topological polar surface area (TPSA) is 63.0 Å². The van der Waals surface area contributed by atoms with Gasteiger partial charge in [-0.15, -0.1) is 0 Å². The number of nitrogens with zero attached hydrogens (tertiary/aromatic N) is 4. The van der Waals surface area contributed by atoms with Crippen LogP contribution in [0.4, 0.5) is 5.69 Å². The molecule has 25 heavy (non-hydrogen) atoms. The number of nitriles is 1. The number of hydrogen-bond donors (Lipinski definition) is 0. The molecule has 0 atom stereocenters. The van der Waals surface area contributed by atoms with Crippen LogP contribution in [-0.2, 0) is 6.54 Å². The van der Waals surface area contributed by atoms with Crippen LogP contribution in [0.5, 0.6) is 0 Å². The van der Waals surface area contributed by atoms with E-state index in [0.29, 0.717) is 29.1 Å². The van der Waals surface area contributed by atoms with Crippen LogP contribution in [0.3, 0.4) is 0 Å². The second kappa shape index (κ2) is 6.82. The average molecular weight is 326 g/mol. The van der Waals surface area contributed by atoms with Gasteiger partial charge in [-0.05, 0) is 24.1 Å². The zero-order valence-corrected chi connectivity index (χ0v) is 13.6. The van der Waals surface area contributed by atoms with Crippen LogP contribution in [0, 0.1) is 24.8 Å². The van der Waals surface area contributed by atoms with Gasteiger partial charge in [-0.25, -0.2) is 4.85 Å². The van der Waals surface area contributed by atoms with Crippen molar-refractivity contribution in [2.24, 2.45) is 0 Å². The SMILES string of the molecule is [C-]#[N+]c1ccc(-c2c(C#N)c(C)n(Cc3cccnc3)c2C=O)cc1. The molecule has 0 saturated heterocycles. The van der Waals surface area contributed by atoms with Crippen LogP contribution in [-0.4, -0.2) is 15.8 Å². The Hall–Kier alpha value is -3.70. The normalized spacial score (nSPS) is 10.0. The maximum Gasteiger partial charge on any atom is 0.187 e. The van der Waals surface area contributed by atoms with E-state index >= 15 is 0 Å². The molecular weight excluding hydrogens is 312 g/mol. The number of hydrogen-bond acceptors (Lipinski definition) is 3. The molecule has 120 valence electrons. The number of benzene rings is 1. The van der Waals surface area contributed by atoms with Gasteiger partial charge in [0.25, 0.3) is 0 Å². The summed E-state index contributed by atoms with van der Waals surface area (Å²) in [5.74, 6) is 0. The molecule has 3 rings (SSSR count). The van der Waals surface area contributed by atoms with Gasteiger partial charge in [0.05, 0.1) is 17.8 Å². The van der Waals surface area contributed by atoms with E-state index < -0.39 is 0 Å². The van der Waals surface area contributed by atoms with E-state index in [-0.39, 0.29) is 0 Å². The van der Waals surface area contributed by atoms with Crippen molar-refractivity contribution < 1.29 is 4.79 Å². The molecule has 3 aromatic rings. The first-order chi connectivity index (χ1) is 12.2. The quantitative estimate of drug-likeness (QED) is 0.534. The molecule has 0 unspecified atom stereocenters. The predicted octanol–water partition coefficient (Wildman–Crippen LogP) is 4.14. The van der Waals surface area contributed by atoms with Crippen LogP contribution in [0.15, 0.2) is 48.8 Å². The maximum atomic E-state index is 11.8. The Morgan fingerprint density at radius 2 is 2.08 bits per heavy atom. The second-order valence-corrected chi connectivity index (χ2v) is 5.56. The van der Waals surface area contributed by atoms with Crippen LogP contribution < -0.4 is 0 Å². The fraction of sp³-hybridized carbons (Fsp3) is 0.100. The predicted molar refractivity (Wildman–Crippen MR) is 94.3 cm³/mol. The summed E-state index contributed by atoms with van der Waals surface area (Å²) in [6, 6.07) is 12.9. The Morgan fingerprint density at radius 3 is 2.64 bits per heavy atom. The minimum Gasteiger partial charge on any atom is -0.336 e. The summed E-state index contributed by atoms with van der Waals surface area (Å²) < 4.78 is 1.83. The summed E-state index contributed by atoms with van der Waals surface area (Å²) in [4.78, 5) is 19.3. The van der Waals surface area contributed by atoms with E-state index in [1.807, 2.05) is 23.6 Å². The average Bonchev–Trinajstić information content (AvgIpc) is 2.93. The van der Waals surface area contributed by atoms with Gasteiger partial charge < -0.3 is 4.57 Å². The number of rotatable bonds is 4. The van der Waals surface area contributed by atoms with Gasteiger partial charge in [-0.2, -0.15) is 5.26 Å². The van der Waals surface area contributed by atoms with Gasteiger partial charge >= 0.3 is 0 Å². The zero-order valence-electron chi connectivity index (χ0n) is 13.6. The summed E-state index contributed by atoms with van der Waals surface area (Å²) in [5, 5.41) is 9.62. The number of carbonyl (C=O) groups is 1. The summed E-state index contributed by atoms with van der Waals surface area (Å²) in [5.41, 5.74) is 4.48. The lowest BCUT2D eigenvalue weighted by Gasteiger charge is -2.09. The molecule has 1 aromatic carbocycles. The Kier molecular flexibility index (Phi) is 4.41. The van der Waals surface area contributed by atoms with Gasteiger partial charge in [0.1, 0.15) is 6.07 Å². The molecule has 2 aromatic heterocycles. The molecule has 0 aliphatic carbocycles. The van der Waals surface area contributed by atoms with Crippen molar-refractivity contribution in [3.05, 3.63) is 82.7 Å². The number of pyridine rings is 1. The van der Waals surface area contributed by atoms with E-state index in [9.17, 15) is 10.1 Å². The Morgan fingerprint density at radius 1 is 1.32 bits per heavy atom. The highest BCUT2D eigenvalue weighted by molar-refractivity contribution is 5.90. The fourth-order valence-electron chi connectivity index (χ4n) is 2.89. The van der Waals surface area contributed by atoms with Crippen molar-refractivity contribution in [3.8, 4) is 17.2 Å². The van der Waals surface area contributed by atoms with Crippen molar-refractivity contribution in [2.45, 2.75) is 13.5 Å². The maximum absolute atomic E-state index is 11.8. The smallest absolute Gasteiger partial charge is 0.187 e. The van der Waals surface area contributed by atoms with E-state index in [4.69, 9.17) is 6.57 Å². The van der Waals surface area contributed by atoms with E-state index in [1.165, 1.54) is 0 Å². The van der Waals surface area contributed by atoms with Crippen molar-refractivity contribution in [1.29, 1.82) is 5.26 Å². The monoisotopic (exact) mass is 326 g/mol. The highest BCUT2D eigenvalue weighted by Gasteiger charge is 2.21. The molecule has 0 aliphatic rings. The van der Waals surface area contributed by atoms with Gasteiger partial charge in [-0.1, -0.05) is 30.3 Å². The standard InChI is InChI=1S/C20H14N4O/c1-14-18(10-21)20(16-5-7-17(22-2)8-6-16)19(13-25)24(14)12-15-4-3-9-23-11-15/h3-9,11,13H,12H2,1H3. The molecule has 0 aliphatic heterocycles. The molecule has 0 amide bonds. The van der Waals surface area contributed by atoms with Crippen molar-refractivity contribution >= 4 is 12.0 Å². The highest BCUT2D eigenvalue weighted by Crippen LogP contribution is 2.33. The second-order valence-electron chi connectivity index (χ2n) is 5.56. The third-order valence-electron chi connectivity index (χ3n) is 4.14. The van der Waals surface area contributed by atoms with Gasteiger partial charge in [0.2, 0.25) is 0 Å². The number of carbonyl (C=O) groups excluding carboxylic acids is 1. The Bertz CT molecular complexity index is 1000. The Labute approximate surface area is 145 Å². The van der Waals surface area contributed by atoms with Crippen molar-refractivity contribution in [1.82, 2.24) is 9.55 Å². The molecule has 0 N–H and O–H groups in total. The van der Waals surface area contributed by atoms with Gasteiger partial charge in [0, 0.05) is 30.2 Å². The van der Waals surface area contributed by atoms with Crippen molar-refractivity contribution in [3.63, 3.8) is 0 Å². The lowest BCUT2D eigenvalue weighted by molar-refractivity contribution is 0.111. The minimum absolute atomic E-state index is 0.452.